The minimum absolute atomic E-state index is 0.227. The number of carbonyl (C=O) groups excluding carboxylic acids is 1. The Bertz CT molecular complexity index is 771. The fraction of sp³-hybridized carbons (Fsp3) is 0.200. The molecule has 2 aromatic rings. The van der Waals surface area contributed by atoms with Crippen molar-refractivity contribution in [1.29, 1.82) is 5.41 Å². The average molecular weight is 313 g/mol. The molecule has 2 rings (SSSR count). The molecule has 0 radical (unpaired) electrons. The summed E-state index contributed by atoms with van der Waals surface area (Å²) < 4.78 is 0. The molecule has 0 aliphatic heterocycles. The van der Waals surface area contributed by atoms with Crippen LogP contribution < -0.4 is 5.32 Å². The van der Waals surface area contributed by atoms with Crippen LogP contribution in [0.25, 0.3) is 11.3 Å². The Morgan fingerprint density at radius 3 is 2.43 bits per heavy atom. The molecule has 0 spiro atoms. The van der Waals surface area contributed by atoms with E-state index in [0.29, 0.717) is 22.8 Å². The van der Waals surface area contributed by atoms with Gasteiger partial charge in [-0.2, -0.15) is 0 Å². The molecule has 0 bridgehead atoms. The van der Waals surface area contributed by atoms with Gasteiger partial charge in [-0.05, 0) is 13.0 Å². The maximum Gasteiger partial charge on any atom is 0.322 e. The maximum atomic E-state index is 11.5. The minimum Gasteiger partial charge on any atom is -0.480 e. The number of carboxylic acids is 1. The van der Waals surface area contributed by atoms with Crippen molar-refractivity contribution in [2.24, 2.45) is 0 Å². The third kappa shape index (κ3) is 3.94. The number of carboxylic acid groups (broad SMARTS) is 1. The molecule has 8 nitrogen and oxygen atoms in total. The number of carbonyl (C=O) groups is 2. The molecule has 0 aromatic carbocycles. The molecule has 0 amide bonds. The highest BCUT2D eigenvalue weighted by atomic mass is 16.4. The van der Waals surface area contributed by atoms with Crippen molar-refractivity contribution in [2.45, 2.75) is 13.8 Å². The number of rotatable bonds is 6. The van der Waals surface area contributed by atoms with Crippen molar-refractivity contribution < 1.29 is 14.7 Å². The van der Waals surface area contributed by atoms with Crippen molar-refractivity contribution in [3.05, 3.63) is 36.0 Å². The maximum absolute atomic E-state index is 11.5. The number of hydrogen-bond donors (Lipinski definition) is 3. The van der Waals surface area contributed by atoms with Gasteiger partial charge in [-0.15, -0.1) is 0 Å². The number of anilines is 1. The Labute approximate surface area is 132 Å². The van der Waals surface area contributed by atoms with Gasteiger partial charge in [0, 0.05) is 30.4 Å². The summed E-state index contributed by atoms with van der Waals surface area (Å²) in [4.78, 5) is 34.6. The second-order valence-electron chi connectivity index (χ2n) is 4.81. The summed E-state index contributed by atoms with van der Waals surface area (Å²) in [5.74, 6) is -0.868. The van der Waals surface area contributed by atoms with Gasteiger partial charge in [-0.1, -0.05) is 0 Å². The lowest BCUT2D eigenvalue weighted by atomic mass is 10.0. The SMILES string of the molecule is CC(=O)C(=N)c1cc(-c2cnc(C)nc2)ncc1NCC(=O)O. The van der Waals surface area contributed by atoms with Crippen LogP contribution >= 0.6 is 0 Å². The van der Waals surface area contributed by atoms with Gasteiger partial charge in [0.15, 0.2) is 5.78 Å². The van der Waals surface area contributed by atoms with Gasteiger partial charge in [-0.25, -0.2) is 9.97 Å². The monoisotopic (exact) mass is 313 g/mol. The van der Waals surface area contributed by atoms with E-state index in [9.17, 15) is 9.59 Å². The molecule has 0 saturated heterocycles. The molecular formula is C15H15N5O3. The summed E-state index contributed by atoms with van der Waals surface area (Å²) in [5.41, 5.74) is 1.49. The van der Waals surface area contributed by atoms with Crippen LogP contribution in [0.15, 0.2) is 24.7 Å². The number of aryl methyl sites for hydroxylation is 1. The van der Waals surface area contributed by atoms with E-state index in [1.165, 1.54) is 13.1 Å². The molecular weight excluding hydrogens is 298 g/mol. The lowest BCUT2D eigenvalue weighted by Gasteiger charge is -2.12. The van der Waals surface area contributed by atoms with Crippen molar-refractivity contribution in [2.75, 3.05) is 11.9 Å². The van der Waals surface area contributed by atoms with Gasteiger partial charge >= 0.3 is 5.97 Å². The third-order valence-electron chi connectivity index (χ3n) is 3.03. The summed E-state index contributed by atoms with van der Waals surface area (Å²) in [7, 11) is 0. The Kier molecular flexibility index (Phi) is 4.75. The zero-order chi connectivity index (χ0) is 17.0. The Morgan fingerprint density at radius 1 is 1.22 bits per heavy atom. The molecule has 0 fully saturated rings. The quantitative estimate of drug-likeness (QED) is 0.685. The number of ketones is 1. The Hall–Kier alpha value is -3.16. The zero-order valence-electron chi connectivity index (χ0n) is 12.6. The molecule has 2 heterocycles. The molecule has 0 aliphatic carbocycles. The van der Waals surface area contributed by atoms with E-state index in [-0.39, 0.29) is 17.8 Å². The van der Waals surface area contributed by atoms with Gasteiger partial charge in [0.2, 0.25) is 0 Å². The highest BCUT2D eigenvalue weighted by molar-refractivity contribution is 6.45. The van der Waals surface area contributed by atoms with Crippen LogP contribution in [0.2, 0.25) is 0 Å². The van der Waals surface area contributed by atoms with Gasteiger partial charge in [-0.3, -0.25) is 20.0 Å². The first-order valence-corrected chi connectivity index (χ1v) is 6.73. The Morgan fingerprint density at radius 2 is 1.87 bits per heavy atom. The van der Waals surface area contributed by atoms with Crippen LogP contribution in [0.4, 0.5) is 5.69 Å². The fourth-order valence-corrected chi connectivity index (χ4v) is 1.85. The number of aromatic nitrogens is 3. The van der Waals surface area contributed by atoms with Crippen LogP contribution in [0.1, 0.15) is 18.3 Å². The first-order chi connectivity index (χ1) is 10.9. The van der Waals surface area contributed by atoms with E-state index < -0.39 is 11.8 Å². The number of Topliss-reactive ketones (excluding diaryl/α,β-unsaturated/α-hetero) is 1. The second kappa shape index (κ2) is 6.73. The molecule has 0 aliphatic rings. The van der Waals surface area contributed by atoms with Crippen LogP contribution in [0.3, 0.4) is 0 Å². The molecule has 3 N–H and O–H groups in total. The first kappa shape index (κ1) is 16.2. The molecule has 118 valence electrons. The predicted octanol–water partition coefficient (Wildman–Crippen LogP) is 1.30. The van der Waals surface area contributed by atoms with E-state index in [1.54, 1.807) is 25.4 Å². The van der Waals surface area contributed by atoms with Crippen LogP contribution in [0.5, 0.6) is 0 Å². The normalized spacial score (nSPS) is 10.2. The van der Waals surface area contributed by atoms with Crippen LogP contribution in [-0.2, 0) is 9.59 Å². The fourth-order valence-electron chi connectivity index (χ4n) is 1.85. The number of pyridine rings is 1. The van der Waals surface area contributed by atoms with Crippen molar-refractivity contribution >= 4 is 23.2 Å². The van der Waals surface area contributed by atoms with Crippen LogP contribution in [0, 0.1) is 12.3 Å². The first-order valence-electron chi connectivity index (χ1n) is 6.73. The number of nitrogens with one attached hydrogen (secondary N) is 2. The number of nitrogens with zero attached hydrogens (tertiary/aromatic N) is 3. The van der Waals surface area contributed by atoms with E-state index >= 15 is 0 Å². The van der Waals surface area contributed by atoms with Gasteiger partial charge in [0.1, 0.15) is 18.1 Å². The summed E-state index contributed by atoms with van der Waals surface area (Å²) in [6, 6.07) is 1.54. The smallest absolute Gasteiger partial charge is 0.322 e. The second-order valence-corrected chi connectivity index (χ2v) is 4.81. The summed E-state index contributed by atoms with van der Waals surface area (Å²) >= 11 is 0. The molecule has 23 heavy (non-hydrogen) atoms. The molecule has 0 atom stereocenters. The highest BCUT2D eigenvalue weighted by Crippen LogP contribution is 2.22. The predicted molar refractivity (Wildman–Crippen MR) is 83.6 cm³/mol. The highest BCUT2D eigenvalue weighted by Gasteiger charge is 2.15. The lowest BCUT2D eigenvalue weighted by molar-refractivity contribution is -0.134. The summed E-state index contributed by atoms with van der Waals surface area (Å²) in [5, 5.41) is 19.3. The van der Waals surface area contributed by atoms with E-state index in [4.69, 9.17) is 10.5 Å². The summed E-state index contributed by atoms with van der Waals surface area (Å²) in [6.45, 7) is 2.69. The molecule has 8 heteroatoms. The molecule has 0 saturated carbocycles. The lowest BCUT2D eigenvalue weighted by Crippen LogP contribution is -2.18. The standard InChI is InChI=1S/C15H15N5O3/c1-8(21)15(16)11-3-12(10-4-17-9(2)18-5-10)19-6-13(11)20-7-14(22)23/h3-6,16,20H,7H2,1-2H3,(H,22,23). The molecule has 0 unspecified atom stereocenters. The minimum atomic E-state index is -1.05. The van der Waals surface area contributed by atoms with Gasteiger partial charge in [0.05, 0.1) is 17.6 Å². The number of hydrogen-bond acceptors (Lipinski definition) is 7. The Balaban J connectivity index is 2.45. The van der Waals surface area contributed by atoms with E-state index in [1.807, 2.05) is 0 Å². The van der Waals surface area contributed by atoms with Crippen LogP contribution in [-0.4, -0.2) is 44.1 Å². The van der Waals surface area contributed by atoms with Crippen molar-refractivity contribution in [1.82, 2.24) is 15.0 Å². The van der Waals surface area contributed by atoms with Gasteiger partial charge < -0.3 is 10.4 Å². The number of aliphatic carboxylic acids is 1. The van der Waals surface area contributed by atoms with E-state index in [0.717, 1.165) is 0 Å². The topological polar surface area (TPSA) is 129 Å². The third-order valence-corrected chi connectivity index (χ3v) is 3.03. The zero-order valence-corrected chi connectivity index (χ0v) is 12.6. The largest absolute Gasteiger partial charge is 0.480 e. The average Bonchev–Trinajstić information content (AvgIpc) is 2.52. The van der Waals surface area contributed by atoms with Gasteiger partial charge in [0.25, 0.3) is 0 Å². The van der Waals surface area contributed by atoms with Crippen molar-refractivity contribution in [3.63, 3.8) is 0 Å². The molecule has 2 aromatic heterocycles. The van der Waals surface area contributed by atoms with E-state index in [2.05, 4.69) is 20.3 Å². The van der Waals surface area contributed by atoms with Crippen molar-refractivity contribution in [3.8, 4) is 11.3 Å². The summed E-state index contributed by atoms with van der Waals surface area (Å²) in [6.07, 6.45) is 4.58.